The summed E-state index contributed by atoms with van der Waals surface area (Å²) in [5.74, 6) is 0.434. The summed E-state index contributed by atoms with van der Waals surface area (Å²) in [6.07, 6.45) is 7.92. The van der Waals surface area contributed by atoms with E-state index < -0.39 is 16.1 Å². The van der Waals surface area contributed by atoms with Crippen LogP contribution < -0.4 is 5.32 Å². The van der Waals surface area contributed by atoms with Gasteiger partial charge in [0, 0.05) is 38.0 Å². The number of carbonyl (C=O) groups excluding carboxylic acids is 2. The van der Waals surface area contributed by atoms with Crippen molar-refractivity contribution in [3.63, 3.8) is 0 Å². The summed E-state index contributed by atoms with van der Waals surface area (Å²) in [5, 5.41) is 2.96. The normalized spacial score (nSPS) is 36.9. The van der Waals surface area contributed by atoms with Gasteiger partial charge in [0.25, 0.3) is 5.91 Å². The summed E-state index contributed by atoms with van der Waals surface area (Å²) >= 11 is 0. The average molecular weight is 526 g/mol. The van der Waals surface area contributed by atoms with Gasteiger partial charge in [0.1, 0.15) is 0 Å². The third-order valence-electron chi connectivity index (χ3n) is 9.31. The van der Waals surface area contributed by atoms with E-state index in [1.165, 1.54) is 0 Å². The largest absolute Gasteiger partial charge is 0.378 e. The minimum absolute atomic E-state index is 0.0178. The third-order valence-corrected chi connectivity index (χ3v) is 11.7. The molecule has 5 aliphatic rings. The first-order valence-corrected chi connectivity index (χ1v) is 15.7. The molecule has 2 aliphatic carbocycles. The van der Waals surface area contributed by atoms with Gasteiger partial charge >= 0.3 is 0 Å². The minimum Gasteiger partial charge on any atom is -0.378 e. The van der Waals surface area contributed by atoms with Crippen LogP contribution in [-0.2, 0) is 29.1 Å². The Balaban J connectivity index is 1.20. The predicted molar refractivity (Wildman–Crippen MR) is 135 cm³/mol. The number of piperidine rings is 1. The molecule has 3 heterocycles. The second-order valence-corrected chi connectivity index (χ2v) is 13.8. The van der Waals surface area contributed by atoms with Crippen molar-refractivity contribution in [1.29, 1.82) is 0 Å². The number of nitrogens with zero attached hydrogens (tertiary/aromatic N) is 2. The Morgan fingerprint density at radius 1 is 0.861 bits per heavy atom. The second-order valence-electron chi connectivity index (χ2n) is 11.6. The zero-order valence-electron chi connectivity index (χ0n) is 21.6. The third kappa shape index (κ3) is 5.47. The van der Waals surface area contributed by atoms with Crippen molar-refractivity contribution in [2.45, 2.75) is 94.6 Å². The maximum atomic E-state index is 13.4. The van der Waals surface area contributed by atoms with Crippen LogP contribution in [0.4, 0.5) is 0 Å². The molecule has 0 aromatic carbocycles. The molecule has 0 spiro atoms. The molecule has 3 aliphatic heterocycles. The fourth-order valence-electron chi connectivity index (χ4n) is 6.95. The van der Waals surface area contributed by atoms with E-state index in [1.54, 1.807) is 9.21 Å². The zero-order valence-corrected chi connectivity index (χ0v) is 22.4. The highest BCUT2D eigenvalue weighted by atomic mass is 32.2. The molecule has 0 aromatic heterocycles. The van der Waals surface area contributed by atoms with Crippen molar-refractivity contribution < 1.29 is 27.5 Å². The Bertz CT molecular complexity index is 891. The number of hydrogen-bond donors (Lipinski definition) is 1. The zero-order chi connectivity index (χ0) is 25.3. The maximum Gasteiger partial charge on any atom is 0.254 e. The number of sulfonamides is 1. The van der Waals surface area contributed by atoms with E-state index in [9.17, 15) is 18.0 Å². The van der Waals surface area contributed by atoms with Crippen molar-refractivity contribution in [1.82, 2.24) is 14.5 Å². The molecule has 0 radical (unpaired) electrons. The van der Waals surface area contributed by atoms with Crippen LogP contribution in [0.3, 0.4) is 0 Å². The fourth-order valence-corrected chi connectivity index (χ4v) is 8.96. The summed E-state index contributed by atoms with van der Waals surface area (Å²) in [6, 6.07) is -0.316. The molecular formula is C26H43N3O6S. The molecule has 0 aromatic rings. The summed E-state index contributed by atoms with van der Waals surface area (Å²) in [6.45, 7) is 5.17. The smallest absolute Gasteiger partial charge is 0.254 e. The van der Waals surface area contributed by atoms with Crippen LogP contribution in [0.2, 0.25) is 0 Å². The highest BCUT2D eigenvalue weighted by Crippen LogP contribution is 2.39. The van der Waals surface area contributed by atoms with Gasteiger partial charge in [-0.05, 0) is 57.3 Å². The predicted octanol–water partition coefficient (Wildman–Crippen LogP) is 1.91. The van der Waals surface area contributed by atoms with Crippen molar-refractivity contribution >= 4 is 21.8 Å². The van der Waals surface area contributed by atoms with Crippen LogP contribution in [-0.4, -0.2) is 92.3 Å². The lowest BCUT2D eigenvalue weighted by Gasteiger charge is -2.36. The number of hydrogen-bond acceptors (Lipinski definition) is 6. The topological polar surface area (TPSA) is 105 Å². The van der Waals surface area contributed by atoms with E-state index in [4.69, 9.17) is 9.47 Å². The molecular weight excluding hydrogens is 482 g/mol. The minimum atomic E-state index is -3.31. The molecule has 0 bridgehead atoms. The van der Waals surface area contributed by atoms with Crippen LogP contribution in [0.25, 0.3) is 0 Å². The molecule has 10 heteroatoms. The Labute approximate surface area is 215 Å². The van der Waals surface area contributed by atoms with Gasteiger partial charge in [0.05, 0.1) is 30.6 Å². The first kappa shape index (κ1) is 26.4. The molecule has 5 rings (SSSR count). The number of fused-ring (bicyclic) bond motifs is 1. The number of morpholine rings is 1. The van der Waals surface area contributed by atoms with Gasteiger partial charge < -0.3 is 19.7 Å². The standard InChI is InChI=1S/C26H43N3O6S/c1-18-6-8-20(9-7-18)36(32,33)29-12-10-19(11-13-29)25(30)27-23-21-4-2-3-5-22(21)35-24(23)26(31)28-14-16-34-17-15-28/h18-24H,2-17H2,1H3,(H,27,30). The van der Waals surface area contributed by atoms with Gasteiger partial charge in [0.15, 0.2) is 6.10 Å². The van der Waals surface area contributed by atoms with Gasteiger partial charge in [-0.15, -0.1) is 0 Å². The first-order valence-electron chi connectivity index (χ1n) is 14.2. The van der Waals surface area contributed by atoms with Crippen molar-refractivity contribution in [3.8, 4) is 0 Å². The van der Waals surface area contributed by atoms with Gasteiger partial charge in [0.2, 0.25) is 15.9 Å². The Morgan fingerprint density at radius 2 is 1.53 bits per heavy atom. The van der Waals surface area contributed by atoms with Gasteiger partial charge in [-0.1, -0.05) is 19.8 Å². The van der Waals surface area contributed by atoms with Crippen molar-refractivity contribution in [3.05, 3.63) is 0 Å². The first-order chi connectivity index (χ1) is 17.3. The molecule has 5 fully saturated rings. The van der Waals surface area contributed by atoms with Crippen LogP contribution in [0.15, 0.2) is 0 Å². The Morgan fingerprint density at radius 3 is 2.22 bits per heavy atom. The highest BCUT2D eigenvalue weighted by Gasteiger charge is 2.50. The van der Waals surface area contributed by atoms with Gasteiger partial charge in [-0.3, -0.25) is 9.59 Å². The van der Waals surface area contributed by atoms with Crippen LogP contribution >= 0.6 is 0 Å². The number of nitrogens with one attached hydrogen (secondary N) is 1. The van der Waals surface area contributed by atoms with Gasteiger partial charge in [-0.25, -0.2) is 12.7 Å². The number of carbonyl (C=O) groups is 2. The second kappa shape index (κ2) is 11.3. The fraction of sp³-hybridized carbons (Fsp3) is 0.923. The number of ether oxygens (including phenoxy) is 2. The Kier molecular flexibility index (Phi) is 8.25. The van der Waals surface area contributed by atoms with E-state index in [2.05, 4.69) is 12.2 Å². The molecule has 9 nitrogen and oxygen atoms in total. The molecule has 4 atom stereocenters. The van der Waals surface area contributed by atoms with Crippen molar-refractivity contribution in [2.75, 3.05) is 39.4 Å². The quantitative estimate of drug-likeness (QED) is 0.588. The molecule has 204 valence electrons. The van der Waals surface area contributed by atoms with E-state index in [1.807, 2.05) is 0 Å². The van der Waals surface area contributed by atoms with Crippen LogP contribution in [0.1, 0.15) is 71.1 Å². The summed E-state index contributed by atoms with van der Waals surface area (Å²) < 4.78 is 39.7. The average Bonchev–Trinajstić information content (AvgIpc) is 3.27. The van der Waals surface area contributed by atoms with Crippen LogP contribution in [0.5, 0.6) is 0 Å². The number of rotatable bonds is 5. The maximum absolute atomic E-state index is 13.4. The number of amides is 2. The highest BCUT2D eigenvalue weighted by molar-refractivity contribution is 7.89. The van der Waals surface area contributed by atoms with E-state index in [0.29, 0.717) is 58.2 Å². The van der Waals surface area contributed by atoms with Gasteiger partial charge in [-0.2, -0.15) is 0 Å². The van der Waals surface area contributed by atoms with Crippen LogP contribution in [0, 0.1) is 17.8 Å². The SMILES string of the molecule is CC1CCC(S(=O)(=O)N2CCC(C(=O)NC3C(C(=O)N4CCOCC4)OC4CCCCC43)CC2)CC1. The molecule has 2 saturated carbocycles. The summed E-state index contributed by atoms with van der Waals surface area (Å²) in [4.78, 5) is 28.5. The van der Waals surface area contributed by atoms with E-state index >= 15 is 0 Å². The molecule has 1 N–H and O–H groups in total. The Hall–Kier alpha value is -1.23. The molecule has 4 unspecified atom stereocenters. The lowest BCUT2D eigenvalue weighted by Crippen LogP contribution is -2.55. The van der Waals surface area contributed by atoms with E-state index in [-0.39, 0.29) is 41.0 Å². The lowest BCUT2D eigenvalue weighted by atomic mass is 9.81. The van der Waals surface area contributed by atoms with Crippen molar-refractivity contribution in [2.24, 2.45) is 17.8 Å². The molecule has 36 heavy (non-hydrogen) atoms. The molecule has 2 amide bonds. The summed E-state index contributed by atoms with van der Waals surface area (Å²) in [7, 11) is -3.31. The monoisotopic (exact) mass is 525 g/mol. The summed E-state index contributed by atoms with van der Waals surface area (Å²) in [5.41, 5.74) is 0. The van der Waals surface area contributed by atoms with E-state index in [0.717, 1.165) is 51.4 Å². The molecule has 3 saturated heterocycles. The lowest BCUT2D eigenvalue weighted by molar-refractivity contribution is -0.148.